The molecule has 0 bridgehead atoms. The van der Waals surface area contributed by atoms with Crippen molar-refractivity contribution >= 4 is 5.97 Å². The standard InChI is InChI=1S/C18H34O2/c1-5-6-7-8-10-13-17(4)14-11-9-12-15-20-18(19)16(2)3/h17H,2,5-15H2,1,3-4H3. The number of rotatable bonds is 13. The van der Waals surface area contributed by atoms with Crippen molar-refractivity contribution < 1.29 is 9.53 Å². The van der Waals surface area contributed by atoms with Crippen LogP contribution in [0.3, 0.4) is 0 Å². The Bertz CT molecular complexity index is 258. The SMILES string of the molecule is C=C(C)C(=O)OCCCCCC(C)CCCCCCC. The Kier molecular flexibility index (Phi) is 12.7. The van der Waals surface area contributed by atoms with Gasteiger partial charge in [0, 0.05) is 5.57 Å². The van der Waals surface area contributed by atoms with Crippen LogP contribution in [0.2, 0.25) is 0 Å². The lowest BCUT2D eigenvalue weighted by Gasteiger charge is -2.11. The quantitative estimate of drug-likeness (QED) is 0.247. The third-order valence-electron chi connectivity index (χ3n) is 3.72. The molecule has 0 aromatic carbocycles. The monoisotopic (exact) mass is 282 g/mol. The first-order valence-corrected chi connectivity index (χ1v) is 8.40. The zero-order valence-electron chi connectivity index (χ0n) is 13.9. The first kappa shape index (κ1) is 19.2. The second kappa shape index (κ2) is 13.2. The van der Waals surface area contributed by atoms with Gasteiger partial charge in [0.2, 0.25) is 0 Å². The van der Waals surface area contributed by atoms with E-state index >= 15 is 0 Å². The zero-order chi connectivity index (χ0) is 15.2. The van der Waals surface area contributed by atoms with Gasteiger partial charge in [0.25, 0.3) is 0 Å². The summed E-state index contributed by atoms with van der Waals surface area (Å²) < 4.78 is 5.07. The van der Waals surface area contributed by atoms with Gasteiger partial charge < -0.3 is 4.74 Å². The smallest absolute Gasteiger partial charge is 0.333 e. The number of unbranched alkanes of at least 4 members (excludes halogenated alkanes) is 6. The molecule has 0 radical (unpaired) electrons. The number of carbonyl (C=O) groups excluding carboxylic acids is 1. The highest BCUT2D eigenvalue weighted by Gasteiger charge is 2.04. The van der Waals surface area contributed by atoms with Gasteiger partial charge in [-0.3, -0.25) is 0 Å². The molecule has 118 valence electrons. The van der Waals surface area contributed by atoms with Crippen molar-refractivity contribution in [3.8, 4) is 0 Å². The molecule has 0 fully saturated rings. The molecule has 1 unspecified atom stereocenters. The van der Waals surface area contributed by atoms with E-state index in [1.54, 1.807) is 6.92 Å². The Morgan fingerprint density at radius 3 is 2.10 bits per heavy atom. The molecule has 0 rings (SSSR count). The lowest BCUT2D eigenvalue weighted by Crippen LogP contribution is -2.06. The van der Waals surface area contributed by atoms with Crippen LogP contribution in [-0.4, -0.2) is 12.6 Å². The van der Waals surface area contributed by atoms with Crippen molar-refractivity contribution in [2.75, 3.05) is 6.61 Å². The summed E-state index contributed by atoms with van der Waals surface area (Å²) in [6, 6.07) is 0. The highest BCUT2D eigenvalue weighted by molar-refractivity contribution is 5.86. The number of ether oxygens (including phenoxy) is 1. The van der Waals surface area contributed by atoms with E-state index < -0.39 is 0 Å². The van der Waals surface area contributed by atoms with Crippen LogP contribution in [0.15, 0.2) is 12.2 Å². The van der Waals surface area contributed by atoms with Gasteiger partial charge in [0.1, 0.15) is 0 Å². The fourth-order valence-corrected chi connectivity index (χ4v) is 2.30. The van der Waals surface area contributed by atoms with Gasteiger partial charge in [-0.25, -0.2) is 4.79 Å². The van der Waals surface area contributed by atoms with Crippen molar-refractivity contribution in [1.29, 1.82) is 0 Å². The summed E-state index contributed by atoms with van der Waals surface area (Å²) in [5.74, 6) is 0.583. The molecule has 0 aliphatic rings. The third-order valence-corrected chi connectivity index (χ3v) is 3.72. The third kappa shape index (κ3) is 12.3. The molecule has 1 atom stereocenters. The van der Waals surface area contributed by atoms with E-state index in [4.69, 9.17) is 4.74 Å². The second-order valence-corrected chi connectivity index (χ2v) is 6.07. The zero-order valence-corrected chi connectivity index (χ0v) is 13.9. The van der Waals surface area contributed by atoms with Crippen molar-refractivity contribution in [2.45, 2.75) is 85.0 Å². The predicted molar refractivity (Wildman–Crippen MR) is 86.8 cm³/mol. The molecule has 2 nitrogen and oxygen atoms in total. The van der Waals surface area contributed by atoms with Crippen LogP contribution < -0.4 is 0 Å². The molecular weight excluding hydrogens is 248 g/mol. The van der Waals surface area contributed by atoms with Crippen molar-refractivity contribution in [2.24, 2.45) is 5.92 Å². The molecule has 0 aromatic rings. The van der Waals surface area contributed by atoms with Crippen LogP contribution in [-0.2, 0) is 9.53 Å². The van der Waals surface area contributed by atoms with Crippen molar-refractivity contribution in [3.05, 3.63) is 12.2 Å². The maximum atomic E-state index is 11.2. The fourth-order valence-electron chi connectivity index (χ4n) is 2.30. The Morgan fingerprint density at radius 1 is 1.00 bits per heavy atom. The molecule has 0 amide bonds. The van der Waals surface area contributed by atoms with Crippen molar-refractivity contribution in [3.63, 3.8) is 0 Å². The first-order valence-electron chi connectivity index (χ1n) is 8.40. The Balaban J connectivity index is 3.29. The summed E-state index contributed by atoms with van der Waals surface area (Å²) in [4.78, 5) is 11.2. The molecule has 0 heterocycles. The first-order chi connectivity index (χ1) is 9.57. The van der Waals surface area contributed by atoms with E-state index in [1.807, 2.05) is 0 Å². The summed E-state index contributed by atoms with van der Waals surface area (Å²) in [7, 11) is 0. The number of esters is 1. The second-order valence-electron chi connectivity index (χ2n) is 6.07. The van der Waals surface area contributed by atoms with Crippen LogP contribution in [0.5, 0.6) is 0 Å². The molecule has 2 heteroatoms. The van der Waals surface area contributed by atoms with Crippen LogP contribution >= 0.6 is 0 Å². The molecule has 0 aliphatic carbocycles. The van der Waals surface area contributed by atoms with E-state index in [-0.39, 0.29) is 5.97 Å². The van der Waals surface area contributed by atoms with Crippen LogP contribution in [0.1, 0.15) is 85.0 Å². The van der Waals surface area contributed by atoms with Gasteiger partial charge in [-0.05, 0) is 19.3 Å². The lowest BCUT2D eigenvalue weighted by molar-refractivity contribution is -0.139. The number of carbonyl (C=O) groups is 1. The maximum absolute atomic E-state index is 11.2. The summed E-state index contributed by atoms with van der Waals surface area (Å²) in [6.07, 6.45) is 13.0. The summed E-state index contributed by atoms with van der Waals surface area (Å²) >= 11 is 0. The van der Waals surface area contributed by atoms with Gasteiger partial charge >= 0.3 is 5.97 Å². The highest BCUT2D eigenvalue weighted by Crippen LogP contribution is 2.17. The van der Waals surface area contributed by atoms with E-state index in [2.05, 4.69) is 20.4 Å². The van der Waals surface area contributed by atoms with Gasteiger partial charge in [-0.1, -0.05) is 78.2 Å². The molecule has 0 N–H and O–H groups in total. The van der Waals surface area contributed by atoms with E-state index in [0.29, 0.717) is 12.2 Å². The van der Waals surface area contributed by atoms with E-state index in [0.717, 1.165) is 18.8 Å². The Labute approximate surface area is 126 Å². The Hall–Kier alpha value is -0.790. The molecule has 0 spiro atoms. The van der Waals surface area contributed by atoms with Gasteiger partial charge in [-0.15, -0.1) is 0 Å². The van der Waals surface area contributed by atoms with E-state index in [9.17, 15) is 4.79 Å². The van der Waals surface area contributed by atoms with E-state index in [1.165, 1.54) is 51.4 Å². The highest BCUT2D eigenvalue weighted by atomic mass is 16.5. The van der Waals surface area contributed by atoms with Crippen LogP contribution in [0, 0.1) is 5.92 Å². The molecule has 0 aromatic heterocycles. The minimum Gasteiger partial charge on any atom is -0.462 e. The maximum Gasteiger partial charge on any atom is 0.333 e. The Morgan fingerprint density at radius 2 is 1.55 bits per heavy atom. The minimum absolute atomic E-state index is 0.259. The van der Waals surface area contributed by atoms with Crippen molar-refractivity contribution in [1.82, 2.24) is 0 Å². The number of hydrogen-bond donors (Lipinski definition) is 0. The lowest BCUT2D eigenvalue weighted by atomic mass is 9.96. The fraction of sp³-hybridized carbons (Fsp3) is 0.833. The molecule has 20 heavy (non-hydrogen) atoms. The average molecular weight is 282 g/mol. The topological polar surface area (TPSA) is 26.3 Å². The number of hydrogen-bond acceptors (Lipinski definition) is 2. The summed E-state index contributed by atoms with van der Waals surface area (Å²) in [6.45, 7) is 10.4. The van der Waals surface area contributed by atoms with Gasteiger partial charge in [0.05, 0.1) is 6.61 Å². The minimum atomic E-state index is -0.259. The molecule has 0 aliphatic heterocycles. The summed E-state index contributed by atoms with van der Waals surface area (Å²) in [5.41, 5.74) is 0.488. The molecule has 0 saturated heterocycles. The largest absolute Gasteiger partial charge is 0.462 e. The summed E-state index contributed by atoms with van der Waals surface area (Å²) in [5, 5.41) is 0. The molecular formula is C18H34O2. The van der Waals surface area contributed by atoms with Gasteiger partial charge in [0.15, 0.2) is 0 Å². The van der Waals surface area contributed by atoms with Crippen LogP contribution in [0.25, 0.3) is 0 Å². The predicted octanol–water partition coefficient (Wildman–Crippen LogP) is 5.66. The average Bonchev–Trinajstić information content (AvgIpc) is 2.42. The molecule has 0 saturated carbocycles. The normalized spacial score (nSPS) is 12.2. The van der Waals surface area contributed by atoms with Crippen LogP contribution in [0.4, 0.5) is 0 Å². The van der Waals surface area contributed by atoms with Gasteiger partial charge in [-0.2, -0.15) is 0 Å².